The van der Waals surface area contributed by atoms with Gasteiger partial charge in [0, 0.05) is 39.2 Å². The quantitative estimate of drug-likeness (QED) is 0.214. The van der Waals surface area contributed by atoms with Crippen molar-refractivity contribution in [1.29, 1.82) is 0 Å². The second kappa shape index (κ2) is 10.5. The van der Waals surface area contributed by atoms with Crippen molar-refractivity contribution in [3.05, 3.63) is 152 Å². The molecule has 0 unspecified atom stereocenters. The third-order valence-corrected chi connectivity index (χ3v) is 7.78. The number of pyridine rings is 1. The molecule has 0 aliphatic carbocycles. The molecular weight excluding hydrogens is 526 g/mol. The molecule has 0 atom stereocenters. The molecule has 3 heterocycles. The number of aromatic nitrogens is 3. The zero-order valence-electron chi connectivity index (χ0n) is 23.2. The van der Waals surface area contributed by atoms with Crippen LogP contribution in [0, 0.1) is 0 Å². The van der Waals surface area contributed by atoms with Gasteiger partial charge in [-0.25, -0.2) is 9.97 Å². The van der Waals surface area contributed by atoms with Gasteiger partial charge in [0.1, 0.15) is 11.2 Å². The lowest BCUT2D eigenvalue weighted by atomic mass is 9.98. The molecule has 202 valence electrons. The number of hydrogen-bond donors (Lipinski definition) is 0. The number of fused-ring (bicyclic) bond motifs is 3. The number of furan rings is 1. The first-order valence-electron chi connectivity index (χ1n) is 14.3. The van der Waals surface area contributed by atoms with Crippen molar-refractivity contribution in [2.24, 2.45) is 0 Å². The maximum atomic E-state index is 6.03. The third-order valence-electron chi connectivity index (χ3n) is 7.78. The van der Waals surface area contributed by atoms with E-state index in [1.165, 1.54) is 0 Å². The van der Waals surface area contributed by atoms with Crippen LogP contribution in [0.3, 0.4) is 0 Å². The van der Waals surface area contributed by atoms with Crippen LogP contribution in [0.1, 0.15) is 0 Å². The maximum Gasteiger partial charge on any atom is 0.160 e. The first-order chi connectivity index (χ1) is 21.3. The maximum absolute atomic E-state index is 6.03. The average Bonchev–Trinajstić information content (AvgIpc) is 3.47. The molecule has 43 heavy (non-hydrogen) atoms. The summed E-state index contributed by atoms with van der Waals surface area (Å²) < 4.78 is 6.03. The van der Waals surface area contributed by atoms with Gasteiger partial charge in [0.2, 0.25) is 0 Å². The zero-order valence-corrected chi connectivity index (χ0v) is 23.2. The van der Waals surface area contributed by atoms with Crippen molar-refractivity contribution in [2.75, 3.05) is 0 Å². The van der Waals surface area contributed by atoms with Crippen LogP contribution in [0.4, 0.5) is 0 Å². The second-order valence-electron chi connectivity index (χ2n) is 10.5. The Morgan fingerprint density at radius 2 is 1.07 bits per heavy atom. The summed E-state index contributed by atoms with van der Waals surface area (Å²) in [5, 5.41) is 2.25. The van der Waals surface area contributed by atoms with E-state index in [1.807, 2.05) is 79.0 Å². The predicted molar refractivity (Wildman–Crippen MR) is 174 cm³/mol. The Morgan fingerprint density at radius 3 is 1.88 bits per heavy atom. The van der Waals surface area contributed by atoms with Crippen LogP contribution in [0.5, 0.6) is 0 Å². The SMILES string of the molecule is c1ccc(-c2cc(-c3cccnc3-c3ccc(-c4ccc5oc6ccccc6c5c4)cc3)nc(-c3ccccc3)n2)cc1. The fraction of sp³-hybridized carbons (Fsp3) is 0. The van der Waals surface area contributed by atoms with Crippen LogP contribution in [0.25, 0.3) is 78.2 Å². The highest BCUT2D eigenvalue weighted by molar-refractivity contribution is 6.06. The van der Waals surface area contributed by atoms with Gasteiger partial charge < -0.3 is 4.42 Å². The Balaban J connectivity index is 1.21. The molecule has 0 saturated heterocycles. The highest BCUT2D eigenvalue weighted by atomic mass is 16.3. The van der Waals surface area contributed by atoms with Crippen molar-refractivity contribution >= 4 is 21.9 Å². The van der Waals surface area contributed by atoms with E-state index in [9.17, 15) is 0 Å². The van der Waals surface area contributed by atoms with Crippen molar-refractivity contribution in [2.45, 2.75) is 0 Å². The van der Waals surface area contributed by atoms with E-state index in [4.69, 9.17) is 19.4 Å². The molecule has 0 N–H and O–H groups in total. The lowest BCUT2D eigenvalue weighted by Crippen LogP contribution is -1.97. The molecule has 0 fully saturated rings. The Kier molecular flexibility index (Phi) is 6.08. The van der Waals surface area contributed by atoms with Gasteiger partial charge in [0.25, 0.3) is 0 Å². The van der Waals surface area contributed by atoms with E-state index in [0.717, 1.165) is 72.4 Å². The largest absolute Gasteiger partial charge is 0.456 e. The monoisotopic (exact) mass is 551 g/mol. The summed E-state index contributed by atoms with van der Waals surface area (Å²) in [5.41, 5.74) is 10.7. The second-order valence-corrected chi connectivity index (χ2v) is 10.5. The minimum absolute atomic E-state index is 0.685. The Morgan fingerprint density at radius 1 is 0.419 bits per heavy atom. The highest BCUT2D eigenvalue weighted by Gasteiger charge is 2.15. The summed E-state index contributed by atoms with van der Waals surface area (Å²) in [5.74, 6) is 0.685. The highest BCUT2D eigenvalue weighted by Crippen LogP contribution is 2.35. The molecule has 0 saturated carbocycles. The van der Waals surface area contributed by atoms with Crippen LogP contribution >= 0.6 is 0 Å². The van der Waals surface area contributed by atoms with E-state index in [-0.39, 0.29) is 0 Å². The molecule has 0 radical (unpaired) electrons. The summed E-state index contributed by atoms with van der Waals surface area (Å²) in [6, 6.07) is 49.6. The van der Waals surface area contributed by atoms with Crippen molar-refractivity contribution < 1.29 is 4.42 Å². The first-order valence-corrected chi connectivity index (χ1v) is 14.3. The van der Waals surface area contributed by atoms with Gasteiger partial charge in [-0.3, -0.25) is 4.98 Å². The molecular formula is C39H25N3O. The van der Waals surface area contributed by atoms with Crippen molar-refractivity contribution in [3.8, 4) is 56.3 Å². The fourth-order valence-corrected chi connectivity index (χ4v) is 5.63. The molecule has 4 heteroatoms. The van der Waals surface area contributed by atoms with Crippen LogP contribution in [0.15, 0.2) is 156 Å². The number of hydrogen-bond acceptors (Lipinski definition) is 4. The van der Waals surface area contributed by atoms with E-state index in [1.54, 1.807) is 0 Å². The number of rotatable bonds is 5. The summed E-state index contributed by atoms with van der Waals surface area (Å²) >= 11 is 0. The lowest BCUT2D eigenvalue weighted by molar-refractivity contribution is 0.669. The first kappa shape index (κ1) is 24.9. The van der Waals surface area contributed by atoms with Crippen molar-refractivity contribution in [1.82, 2.24) is 15.0 Å². The predicted octanol–water partition coefficient (Wildman–Crippen LogP) is 10.1. The normalized spacial score (nSPS) is 11.3. The summed E-state index contributed by atoms with van der Waals surface area (Å²) in [7, 11) is 0. The Hall–Kier alpha value is -5.87. The Labute approximate surface area is 249 Å². The molecule has 3 aromatic heterocycles. The van der Waals surface area contributed by atoms with Gasteiger partial charge in [0.05, 0.1) is 17.1 Å². The molecule has 0 bridgehead atoms. The summed E-state index contributed by atoms with van der Waals surface area (Å²) in [6.45, 7) is 0. The lowest BCUT2D eigenvalue weighted by Gasteiger charge is -2.12. The average molecular weight is 552 g/mol. The summed E-state index contributed by atoms with van der Waals surface area (Å²) in [4.78, 5) is 14.8. The van der Waals surface area contributed by atoms with E-state index < -0.39 is 0 Å². The van der Waals surface area contributed by atoms with Crippen LogP contribution in [0.2, 0.25) is 0 Å². The standard InChI is InChI=1S/C39H25N3O/c1-3-10-27(11-4-1)34-25-35(42-39(41-34)29-12-5-2-6-13-29)32-15-9-23-40-38(32)28-19-17-26(18-20-28)30-21-22-37-33(24-30)31-14-7-8-16-36(31)43-37/h1-25H. The topological polar surface area (TPSA) is 51.8 Å². The minimum Gasteiger partial charge on any atom is -0.456 e. The molecule has 0 aliphatic heterocycles. The van der Waals surface area contributed by atoms with Gasteiger partial charge >= 0.3 is 0 Å². The van der Waals surface area contributed by atoms with Gasteiger partial charge in [0.15, 0.2) is 5.82 Å². The van der Waals surface area contributed by atoms with E-state index in [2.05, 4.69) is 72.8 Å². The van der Waals surface area contributed by atoms with Crippen LogP contribution in [-0.4, -0.2) is 15.0 Å². The van der Waals surface area contributed by atoms with E-state index >= 15 is 0 Å². The molecule has 5 aromatic carbocycles. The molecule has 8 rings (SSSR count). The molecule has 0 amide bonds. The third kappa shape index (κ3) is 4.65. The minimum atomic E-state index is 0.685. The number of para-hydroxylation sites is 1. The van der Waals surface area contributed by atoms with Crippen molar-refractivity contribution in [3.63, 3.8) is 0 Å². The molecule has 8 aromatic rings. The molecule has 0 spiro atoms. The Bertz CT molecular complexity index is 2160. The summed E-state index contributed by atoms with van der Waals surface area (Å²) in [6.07, 6.45) is 1.84. The van der Waals surface area contributed by atoms with Gasteiger partial charge in [-0.05, 0) is 47.5 Å². The zero-order chi connectivity index (χ0) is 28.6. The number of benzene rings is 5. The van der Waals surface area contributed by atoms with E-state index in [0.29, 0.717) is 5.82 Å². The fourth-order valence-electron chi connectivity index (χ4n) is 5.63. The van der Waals surface area contributed by atoms with Crippen LogP contribution < -0.4 is 0 Å². The van der Waals surface area contributed by atoms with Gasteiger partial charge in [-0.15, -0.1) is 0 Å². The molecule has 4 nitrogen and oxygen atoms in total. The van der Waals surface area contributed by atoms with Gasteiger partial charge in [-0.2, -0.15) is 0 Å². The van der Waals surface area contributed by atoms with Gasteiger partial charge in [-0.1, -0.05) is 109 Å². The smallest absolute Gasteiger partial charge is 0.160 e. The molecule has 0 aliphatic rings. The van der Waals surface area contributed by atoms with Crippen LogP contribution in [-0.2, 0) is 0 Å². The number of nitrogens with zero attached hydrogens (tertiary/aromatic N) is 3.